The van der Waals surface area contributed by atoms with Crippen LogP contribution in [0.2, 0.25) is 0 Å². The first-order chi connectivity index (χ1) is 11.7. The summed E-state index contributed by atoms with van der Waals surface area (Å²) < 4.78 is 18.1. The standard InChI is InChI=1S/C18H26BNO5/c1-17(2)18(3,4)25-19(24-17)12-8-10-13(11-9-12)23-15-7-5-6-14(15)20-16(21)22/h8-11,14-15,20H,5-7H2,1-4H3,(H,21,22)/t14-,15-/m0/s1. The maximum atomic E-state index is 10.9. The summed E-state index contributed by atoms with van der Waals surface area (Å²) in [6.07, 6.45) is 1.49. The molecule has 0 aromatic heterocycles. The van der Waals surface area contributed by atoms with E-state index in [0.717, 1.165) is 30.5 Å². The van der Waals surface area contributed by atoms with Crippen molar-refractivity contribution in [3.8, 4) is 5.75 Å². The molecule has 2 aliphatic rings. The maximum Gasteiger partial charge on any atom is 0.494 e. The van der Waals surface area contributed by atoms with Gasteiger partial charge >= 0.3 is 13.2 Å². The average Bonchev–Trinajstić information content (AvgIpc) is 3.01. The number of hydrogen-bond donors (Lipinski definition) is 2. The van der Waals surface area contributed by atoms with Crippen molar-refractivity contribution < 1.29 is 23.9 Å². The van der Waals surface area contributed by atoms with Crippen molar-refractivity contribution in [2.24, 2.45) is 0 Å². The number of rotatable bonds is 4. The zero-order valence-electron chi connectivity index (χ0n) is 15.2. The molecule has 2 atom stereocenters. The van der Waals surface area contributed by atoms with Crippen molar-refractivity contribution in [3.05, 3.63) is 24.3 Å². The fourth-order valence-corrected chi connectivity index (χ4v) is 3.25. The lowest BCUT2D eigenvalue weighted by atomic mass is 9.79. The highest BCUT2D eigenvalue weighted by Gasteiger charge is 2.51. The lowest BCUT2D eigenvalue weighted by Crippen LogP contribution is -2.41. The summed E-state index contributed by atoms with van der Waals surface area (Å²) in [5.41, 5.74) is 0.205. The monoisotopic (exact) mass is 347 g/mol. The Balaban J connectivity index is 1.64. The number of carboxylic acid groups (broad SMARTS) is 1. The summed E-state index contributed by atoms with van der Waals surface area (Å²) in [6, 6.07) is 7.49. The van der Waals surface area contributed by atoms with E-state index >= 15 is 0 Å². The second-order valence-corrected chi connectivity index (χ2v) is 7.80. The molecule has 0 radical (unpaired) electrons. The van der Waals surface area contributed by atoms with Gasteiger partial charge in [-0.2, -0.15) is 0 Å². The second-order valence-electron chi connectivity index (χ2n) is 7.80. The number of ether oxygens (including phenoxy) is 1. The second kappa shape index (κ2) is 6.54. The van der Waals surface area contributed by atoms with Crippen LogP contribution in [-0.2, 0) is 9.31 Å². The molecule has 7 heteroatoms. The minimum absolute atomic E-state index is 0.126. The van der Waals surface area contributed by atoms with E-state index in [1.807, 2.05) is 52.0 Å². The minimum Gasteiger partial charge on any atom is -0.488 e. The van der Waals surface area contributed by atoms with Crippen LogP contribution in [0.3, 0.4) is 0 Å². The molecule has 3 rings (SSSR count). The number of carbonyl (C=O) groups is 1. The molecule has 1 heterocycles. The van der Waals surface area contributed by atoms with Gasteiger partial charge in [-0.3, -0.25) is 0 Å². The van der Waals surface area contributed by atoms with Crippen LogP contribution in [0, 0.1) is 0 Å². The fourth-order valence-electron chi connectivity index (χ4n) is 3.25. The molecule has 0 bridgehead atoms. The molecule has 1 aliphatic carbocycles. The first kappa shape index (κ1) is 18.1. The Hall–Kier alpha value is -1.73. The smallest absolute Gasteiger partial charge is 0.488 e. The average molecular weight is 347 g/mol. The zero-order valence-corrected chi connectivity index (χ0v) is 15.2. The predicted octanol–water partition coefficient (Wildman–Crippen LogP) is 2.55. The molecule has 1 aliphatic heterocycles. The maximum absolute atomic E-state index is 10.9. The van der Waals surface area contributed by atoms with Gasteiger partial charge < -0.3 is 24.5 Å². The van der Waals surface area contributed by atoms with E-state index in [4.69, 9.17) is 19.2 Å². The number of hydrogen-bond acceptors (Lipinski definition) is 4. The molecule has 0 spiro atoms. The van der Waals surface area contributed by atoms with E-state index in [1.165, 1.54) is 0 Å². The molecular formula is C18H26BNO5. The van der Waals surface area contributed by atoms with Gasteiger partial charge in [0.15, 0.2) is 0 Å². The molecule has 6 nitrogen and oxygen atoms in total. The Kier molecular flexibility index (Phi) is 4.73. The number of nitrogens with one attached hydrogen (secondary N) is 1. The van der Waals surface area contributed by atoms with E-state index in [2.05, 4.69) is 5.32 Å². The Labute approximate surface area is 149 Å². The minimum atomic E-state index is -1.00. The van der Waals surface area contributed by atoms with E-state index in [-0.39, 0.29) is 23.3 Å². The van der Waals surface area contributed by atoms with Gasteiger partial charge in [-0.05, 0) is 64.6 Å². The van der Waals surface area contributed by atoms with Crippen molar-refractivity contribution in [1.29, 1.82) is 0 Å². The molecule has 1 aromatic rings. The highest BCUT2D eigenvalue weighted by atomic mass is 16.7. The van der Waals surface area contributed by atoms with Crippen molar-refractivity contribution >= 4 is 18.7 Å². The van der Waals surface area contributed by atoms with Crippen molar-refractivity contribution in [2.45, 2.75) is 70.3 Å². The Morgan fingerprint density at radius 3 is 2.32 bits per heavy atom. The van der Waals surface area contributed by atoms with Crippen LogP contribution < -0.4 is 15.5 Å². The van der Waals surface area contributed by atoms with Gasteiger partial charge in [0.1, 0.15) is 11.9 Å². The predicted molar refractivity (Wildman–Crippen MR) is 95.4 cm³/mol. The summed E-state index contributed by atoms with van der Waals surface area (Å²) in [6.45, 7) is 8.11. The third-order valence-electron chi connectivity index (χ3n) is 5.45. The molecule has 25 heavy (non-hydrogen) atoms. The summed E-state index contributed by atoms with van der Waals surface area (Å²) in [7, 11) is -0.396. The first-order valence-corrected chi connectivity index (χ1v) is 8.80. The van der Waals surface area contributed by atoms with Gasteiger partial charge in [0.25, 0.3) is 0 Å². The number of amides is 1. The number of benzene rings is 1. The van der Waals surface area contributed by atoms with Gasteiger partial charge in [0, 0.05) is 0 Å². The summed E-state index contributed by atoms with van der Waals surface area (Å²) in [5, 5.41) is 11.4. The fraction of sp³-hybridized carbons (Fsp3) is 0.611. The molecule has 1 saturated carbocycles. The van der Waals surface area contributed by atoms with E-state index in [9.17, 15) is 4.79 Å². The van der Waals surface area contributed by atoms with Crippen molar-refractivity contribution in [1.82, 2.24) is 5.32 Å². The van der Waals surface area contributed by atoms with Gasteiger partial charge in [-0.1, -0.05) is 12.1 Å². The quantitative estimate of drug-likeness (QED) is 0.819. The highest BCUT2D eigenvalue weighted by molar-refractivity contribution is 6.62. The molecule has 1 saturated heterocycles. The van der Waals surface area contributed by atoms with Gasteiger partial charge in [0.05, 0.1) is 17.2 Å². The van der Waals surface area contributed by atoms with E-state index < -0.39 is 13.2 Å². The topological polar surface area (TPSA) is 77.0 Å². The Bertz CT molecular complexity index is 615. The Morgan fingerprint density at radius 2 is 1.76 bits per heavy atom. The lowest BCUT2D eigenvalue weighted by molar-refractivity contribution is 0.00578. The Morgan fingerprint density at radius 1 is 1.16 bits per heavy atom. The van der Waals surface area contributed by atoms with Crippen LogP contribution >= 0.6 is 0 Å². The molecule has 136 valence electrons. The summed E-state index contributed by atoms with van der Waals surface area (Å²) in [5.74, 6) is 0.726. The lowest BCUT2D eigenvalue weighted by Gasteiger charge is -2.32. The van der Waals surface area contributed by atoms with Gasteiger partial charge in [-0.25, -0.2) is 4.79 Å². The van der Waals surface area contributed by atoms with Crippen molar-refractivity contribution in [3.63, 3.8) is 0 Å². The van der Waals surface area contributed by atoms with Crippen LogP contribution in [0.15, 0.2) is 24.3 Å². The largest absolute Gasteiger partial charge is 0.494 e. The SMILES string of the molecule is CC1(C)OB(c2ccc(O[C@H]3CCC[C@@H]3NC(=O)O)cc2)OC1(C)C. The normalized spacial score (nSPS) is 27.3. The summed E-state index contributed by atoms with van der Waals surface area (Å²) >= 11 is 0. The molecule has 1 amide bonds. The molecule has 2 N–H and O–H groups in total. The first-order valence-electron chi connectivity index (χ1n) is 8.80. The highest BCUT2D eigenvalue weighted by Crippen LogP contribution is 2.36. The van der Waals surface area contributed by atoms with Crippen LogP contribution in [0.25, 0.3) is 0 Å². The summed E-state index contributed by atoms with van der Waals surface area (Å²) in [4.78, 5) is 10.9. The van der Waals surface area contributed by atoms with E-state index in [0.29, 0.717) is 0 Å². The molecular weight excluding hydrogens is 321 g/mol. The van der Waals surface area contributed by atoms with Crippen LogP contribution in [0.5, 0.6) is 5.75 Å². The van der Waals surface area contributed by atoms with Crippen LogP contribution in [0.4, 0.5) is 4.79 Å². The third kappa shape index (κ3) is 3.77. The molecule has 2 fully saturated rings. The zero-order chi connectivity index (χ0) is 18.2. The van der Waals surface area contributed by atoms with E-state index in [1.54, 1.807) is 0 Å². The molecule has 1 aromatic carbocycles. The third-order valence-corrected chi connectivity index (χ3v) is 5.45. The molecule has 0 unspecified atom stereocenters. The van der Waals surface area contributed by atoms with Crippen LogP contribution in [0.1, 0.15) is 47.0 Å². The van der Waals surface area contributed by atoms with Crippen LogP contribution in [-0.4, -0.2) is 41.7 Å². The van der Waals surface area contributed by atoms with Crippen molar-refractivity contribution in [2.75, 3.05) is 0 Å². The van der Waals surface area contributed by atoms with Gasteiger partial charge in [0.2, 0.25) is 0 Å². The van der Waals surface area contributed by atoms with Gasteiger partial charge in [-0.15, -0.1) is 0 Å².